The first kappa shape index (κ1) is 18.9. The Bertz CT molecular complexity index is 671. The van der Waals surface area contributed by atoms with Crippen LogP contribution in [0.3, 0.4) is 0 Å². The molecule has 0 saturated carbocycles. The molecule has 2 rings (SSSR count). The van der Waals surface area contributed by atoms with Crippen LogP contribution >= 0.6 is 0 Å². The van der Waals surface area contributed by atoms with Crippen LogP contribution in [0.2, 0.25) is 0 Å². The van der Waals surface area contributed by atoms with Crippen LogP contribution in [-0.2, 0) is 39.2 Å². The van der Waals surface area contributed by atoms with E-state index in [2.05, 4.69) is 10.4 Å². The molecule has 1 amide bonds. The normalized spacial score (nSPS) is 17.1. The van der Waals surface area contributed by atoms with Crippen molar-refractivity contribution in [2.45, 2.75) is 52.4 Å². The SMILES string of the molecule is CCCO[C@H](C)C(=O)NCc1cc2n(n1)CCCN(S(C)(=O)=O)C2. The first-order valence-electron chi connectivity index (χ1n) is 8.21. The third-order valence-corrected chi connectivity index (χ3v) is 5.13. The molecule has 2 heterocycles. The minimum absolute atomic E-state index is 0.176. The zero-order valence-electron chi connectivity index (χ0n) is 14.5. The zero-order valence-corrected chi connectivity index (χ0v) is 15.3. The Kier molecular flexibility index (Phi) is 6.36. The van der Waals surface area contributed by atoms with E-state index >= 15 is 0 Å². The molecule has 24 heavy (non-hydrogen) atoms. The highest BCUT2D eigenvalue weighted by Gasteiger charge is 2.23. The quantitative estimate of drug-likeness (QED) is 0.765. The van der Waals surface area contributed by atoms with Crippen LogP contribution in [0.4, 0.5) is 0 Å². The van der Waals surface area contributed by atoms with Crippen LogP contribution in [0.1, 0.15) is 38.1 Å². The fourth-order valence-corrected chi connectivity index (χ4v) is 3.38. The van der Waals surface area contributed by atoms with Gasteiger partial charge in [0.05, 0.1) is 30.7 Å². The molecule has 8 nitrogen and oxygen atoms in total. The molecule has 0 bridgehead atoms. The summed E-state index contributed by atoms with van der Waals surface area (Å²) in [4.78, 5) is 11.9. The van der Waals surface area contributed by atoms with Gasteiger partial charge in [-0.15, -0.1) is 0 Å². The largest absolute Gasteiger partial charge is 0.369 e. The molecule has 1 aliphatic rings. The first-order valence-corrected chi connectivity index (χ1v) is 10.1. The lowest BCUT2D eigenvalue weighted by molar-refractivity contribution is -0.131. The molecular formula is C15H26N4O4S. The van der Waals surface area contributed by atoms with Gasteiger partial charge < -0.3 is 10.1 Å². The van der Waals surface area contributed by atoms with Crippen molar-refractivity contribution in [1.82, 2.24) is 19.4 Å². The van der Waals surface area contributed by atoms with Crippen LogP contribution in [0.25, 0.3) is 0 Å². The minimum atomic E-state index is -3.22. The summed E-state index contributed by atoms with van der Waals surface area (Å²) in [6.45, 7) is 6.05. The molecule has 0 aromatic carbocycles. The summed E-state index contributed by atoms with van der Waals surface area (Å²) in [6.07, 6.45) is 2.31. The molecule has 1 aromatic rings. The summed E-state index contributed by atoms with van der Waals surface area (Å²) in [5, 5.41) is 7.26. The number of ether oxygens (including phenoxy) is 1. The van der Waals surface area contributed by atoms with Gasteiger partial charge in [0.1, 0.15) is 6.10 Å². The number of amides is 1. The van der Waals surface area contributed by atoms with E-state index in [1.165, 1.54) is 10.6 Å². The standard InChI is InChI=1S/C15H26N4O4S/c1-4-8-23-12(2)15(20)16-10-13-9-14-11-18(24(3,21)22)6-5-7-19(14)17-13/h9,12H,4-8,10-11H2,1-3H3,(H,16,20)/t12-/m1/s1. The second-order valence-corrected chi connectivity index (χ2v) is 8.01. The number of hydrogen-bond acceptors (Lipinski definition) is 5. The molecule has 1 atom stereocenters. The van der Waals surface area contributed by atoms with E-state index in [0.717, 1.165) is 24.2 Å². The molecule has 136 valence electrons. The van der Waals surface area contributed by atoms with Crippen LogP contribution in [-0.4, -0.2) is 53.9 Å². The topological polar surface area (TPSA) is 93.5 Å². The maximum atomic E-state index is 11.9. The number of carbonyl (C=O) groups excluding carboxylic acids is 1. The average molecular weight is 358 g/mol. The van der Waals surface area contributed by atoms with Crippen molar-refractivity contribution >= 4 is 15.9 Å². The molecule has 0 fully saturated rings. The van der Waals surface area contributed by atoms with Gasteiger partial charge in [-0.3, -0.25) is 9.48 Å². The number of fused-ring (bicyclic) bond motifs is 1. The maximum Gasteiger partial charge on any atom is 0.249 e. The Morgan fingerprint density at radius 2 is 2.21 bits per heavy atom. The number of aromatic nitrogens is 2. The molecule has 1 N–H and O–H groups in total. The fraction of sp³-hybridized carbons (Fsp3) is 0.733. The van der Waals surface area contributed by atoms with Gasteiger partial charge in [0.25, 0.3) is 0 Å². The summed E-state index contributed by atoms with van der Waals surface area (Å²) in [5.41, 5.74) is 1.56. The third-order valence-electron chi connectivity index (χ3n) is 3.88. The van der Waals surface area contributed by atoms with E-state index in [9.17, 15) is 13.2 Å². The fourth-order valence-electron chi connectivity index (χ4n) is 2.55. The second kappa shape index (κ2) is 8.09. The molecular weight excluding hydrogens is 332 g/mol. The molecule has 0 aliphatic carbocycles. The minimum Gasteiger partial charge on any atom is -0.369 e. The first-order chi connectivity index (χ1) is 11.3. The van der Waals surface area contributed by atoms with Gasteiger partial charge in [0.2, 0.25) is 15.9 Å². The third kappa shape index (κ3) is 5.02. The monoisotopic (exact) mass is 358 g/mol. The van der Waals surface area contributed by atoms with Crippen molar-refractivity contribution in [1.29, 1.82) is 0 Å². The number of hydrogen-bond donors (Lipinski definition) is 1. The predicted molar refractivity (Wildman–Crippen MR) is 89.6 cm³/mol. The maximum absolute atomic E-state index is 11.9. The Hall–Kier alpha value is -1.45. The van der Waals surface area contributed by atoms with Gasteiger partial charge in [-0.2, -0.15) is 9.40 Å². The summed E-state index contributed by atoms with van der Waals surface area (Å²) in [5.74, 6) is -0.176. The molecule has 0 unspecified atom stereocenters. The zero-order chi connectivity index (χ0) is 17.7. The summed E-state index contributed by atoms with van der Waals surface area (Å²) in [7, 11) is -3.22. The van der Waals surface area contributed by atoms with Crippen molar-refractivity contribution in [2.75, 3.05) is 19.4 Å². The summed E-state index contributed by atoms with van der Waals surface area (Å²) < 4.78 is 32.2. The highest BCUT2D eigenvalue weighted by molar-refractivity contribution is 7.88. The van der Waals surface area contributed by atoms with Crippen molar-refractivity contribution in [3.05, 3.63) is 17.5 Å². The number of carbonyl (C=O) groups is 1. The van der Waals surface area contributed by atoms with Gasteiger partial charge >= 0.3 is 0 Å². The lowest BCUT2D eigenvalue weighted by Gasteiger charge is -2.16. The van der Waals surface area contributed by atoms with Gasteiger partial charge in [-0.05, 0) is 25.8 Å². The highest BCUT2D eigenvalue weighted by Crippen LogP contribution is 2.16. The van der Waals surface area contributed by atoms with Gasteiger partial charge in [0, 0.05) is 19.7 Å². The van der Waals surface area contributed by atoms with Crippen LogP contribution < -0.4 is 5.32 Å². The lowest BCUT2D eigenvalue weighted by Crippen LogP contribution is -2.34. The van der Waals surface area contributed by atoms with Gasteiger partial charge in [-0.25, -0.2) is 8.42 Å². The number of sulfonamides is 1. The van der Waals surface area contributed by atoms with Gasteiger partial charge in [0.15, 0.2) is 0 Å². The van der Waals surface area contributed by atoms with E-state index in [1.807, 2.05) is 17.7 Å². The van der Waals surface area contributed by atoms with Crippen molar-refractivity contribution in [2.24, 2.45) is 0 Å². The van der Waals surface area contributed by atoms with Crippen LogP contribution in [0, 0.1) is 0 Å². The van der Waals surface area contributed by atoms with E-state index in [1.54, 1.807) is 6.92 Å². The lowest BCUT2D eigenvalue weighted by atomic mass is 10.3. The van der Waals surface area contributed by atoms with E-state index in [4.69, 9.17) is 4.74 Å². The number of nitrogens with zero attached hydrogens (tertiary/aromatic N) is 3. The summed E-state index contributed by atoms with van der Waals surface area (Å²) >= 11 is 0. The summed E-state index contributed by atoms with van der Waals surface area (Å²) in [6, 6.07) is 1.85. The molecule has 0 radical (unpaired) electrons. The molecule has 1 aliphatic heterocycles. The smallest absolute Gasteiger partial charge is 0.249 e. The Morgan fingerprint density at radius 3 is 2.88 bits per heavy atom. The van der Waals surface area contributed by atoms with E-state index in [-0.39, 0.29) is 5.91 Å². The van der Waals surface area contributed by atoms with Crippen LogP contribution in [0.5, 0.6) is 0 Å². The number of nitrogens with one attached hydrogen (secondary N) is 1. The molecule has 9 heteroatoms. The molecule has 0 spiro atoms. The van der Waals surface area contributed by atoms with Gasteiger partial charge in [-0.1, -0.05) is 6.92 Å². The average Bonchev–Trinajstić information content (AvgIpc) is 2.79. The van der Waals surface area contributed by atoms with Crippen molar-refractivity contribution in [3.8, 4) is 0 Å². The van der Waals surface area contributed by atoms with Crippen LogP contribution in [0.15, 0.2) is 6.07 Å². The van der Waals surface area contributed by atoms with E-state index < -0.39 is 16.1 Å². The van der Waals surface area contributed by atoms with Crippen molar-refractivity contribution in [3.63, 3.8) is 0 Å². The predicted octanol–water partition coefficient (Wildman–Crippen LogP) is 0.480. The van der Waals surface area contributed by atoms with Crippen molar-refractivity contribution < 1.29 is 17.9 Å². The second-order valence-electron chi connectivity index (χ2n) is 6.03. The Balaban J connectivity index is 1.96. The number of rotatable bonds is 7. The molecule has 1 aromatic heterocycles. The number of aryl methyl sites for hydroxylation is 1. The Morgan fingerprint density at radius 1 is 1.46 bits per heavy atom. The Labute approximate surface area is 143 Å². The van der Waals surface area contributed by atoms with E-state index in [0.29, 0.717) is 32.8 Å². The highest BCUT2D eigenvalue weighted by atomic mass is 32.2. The molecule has 0 saturated heterocycles.